The number of benzene rings is 1. The van der Waals surface area contributed by atoms with Gasteiger partial charge in [0.15, 0.2) is 0 Å². The van der Waals surface area contributed by atoms with Crippen LogP contribution in [0.2, 0.25) is 0 Å². The molecule has 0 aromatic heterocycles. The molecule has 2 N–H and O–H groups in total. The predicted molar refractivity (Wildman–Crippen MR) is 86.7 cm³/mol. The number of hydrogen-bond acceptors (Lipinski definition) is 6. The zero-order chi connectivity index (χ0) is 17.5. The average Bonchev–Trinajstić information content (AvgIpc) is 2.86. The van der Waals surface area contributed by atoms with Gasteiger partial charge in [-0.15, -0.1) is 0 Å². The van der Waals surface area contributed by atoms with Crippen LogP contribution in [-0.2, 0) is 9.47 Å². The topological polar surface area (TPSA) is 108 Å². The Morgan fingerprint density at radius 1 is 1.46 bits per heavy atom. The van der Waals surface area contributed by atoms with Crippen LogP contribution in [0.25, 0.3) is 0 Å². The first-order chi connectivity index (χ1) is 11.3. The van der Waals surface area contributed by atoms with Crippen LogP contribution in [0.1, 0.15) is 30.6 Å². The van der Waals surface area contributed by atoms with Gasteiger partial charge in [0.1, 0.15) is 11.3 Å². The normalized spacial score (nSPS) is 29.8. The Morgan fingerprint density at radius 3 is 2.83 bits per heavy atom. The van der Waals surface area contributed by atoms with Crippen molar-refractivity contribution in [3.8, 4) is 0 Å². The highest BCUT2D eigenvalue weighted by molar-refractivity contribution is 5.95. The molecule has 1 amide bonds. The van der Waals surface area contributed by atoms with Crippen LogP contribution < -0.4 is 5.73 Å². The first-order valence-electron chi connectivity index (χ1n) is 7.95. The van der Waals surface area contributed by atoms with Crippen molar-refractivity contribution in [3.63, 3.8) is 0 Å². The highest BCUT2D eigenvalue weighted by Gasteiger charge is 2.48. The first-order valence-corrected chi connectivity index (χ1v) is 7.95. The molecular formula is C16H21N3O5. The van der Waals surface area contributed by atoms with E-state index in [9.17, 15) is 14.9 Å². The number of nitro benzene ring substituents is 1. The van der Waals surface area contributed by atoms with Gasteiger partial charge in [0, 0.05) is 31.2 Å². The van der Waals surface area contributed by atoms with Crippen molar-refractivity contribution in [2.24, 2.45) is 0 Å². The lowest BCUT2D eigenvalue weighted by Gasteiger charge is -2.45. The summed E-state index contributed by atoms with van der Waals surface area (Å²) in [6, 6.07) is 4.15. The smallest absolute Gasteiger partial charge is 0.292 e. The number of nitrogens with zero attached hydrogens (tertiary/aromatic N) is 2. The molecule has 2 heterocycles. The molecule has 0 radical (unpaired) electrons. The van der Waals surface area contributed by atoms with Crippen molar-refractivity contribution in [3.05, 3.63) is 33.9 Å². The summed E-state index contributed by atoms with van der Waals surface area (Å²) in [6.45, 7) is 5.31. The number of ether oxygens (including phenoxy) is 2. The monoisotopic (exact) mass is 335 g/mol. The summed E-state index contributed by atoms with van der Waals surface area (Å²) in [5.74, 6) is -0.258. The second kappa shape index (κ2) is 6.03. The van der Waals surface area contributed by atoms with Gasteiger partial charge in [-0.3, -0.25) is 14.9 Å². The average molecular weight is 335 g/mol. The minimum atomic E-state index is -0.581. The third-order valence-corrected chi connectivity index (χ3v) is 4.77. The number of anilines is 1. The van der Waals surface area contributed by atoms with Gasteiger partial charge < -0.3 is 20.1 Å². The number of amides is 1. The molecule has 3 atom stereocenters. The summed E-state index contributed by atoms with van der Waals surface area (Å²) >= 11 is 0. The second-order valence-electron chi connectivity index (χ2n) is 6.47. The van der Waals surface area contributed by atoms with E-state index in [2.05, 4.69) is 0 Å². The molecule has 0 bridgehead atoms. The molecule has 1 aromatic rings. The fourth-order valence-electron chi connectivity index (χ4n) is 3.47. The fraction of sp³-hybridized carbons (Fsp3) is 0.562. The summed E-state index contributed by atoms with van der Waals surface area (Å²) in [5.41, 5.74) is 5.14. The number of nitrogens with two attached hydrogens (primary N) is 1. The van der Waals surface area contributed by atoms with Crippen LogP contribution in [0.4, 0.5) is 11.4 Å². The Balaban J connectivity index is 1.87. The van der Waals surface area contributed by atoms with Gasteiger partial charge in [-0.1, -0.05) is 0 Å². The Hall–Kier alpha value is -2.19. The van der Waals surface area contributed by atoms with E-state index in [1.165, 1.54) is 18.2 Å². The summed E-state index contributed by atoms with van der Waals surface area (Å²) < 4.78 is 11.7. The summed E-state index contributed by atoms with van der Waals surface area (Å²) in [7, 11) is 0. The number of morpholine rings is 1. The Morgan fingerprint density at radius 2 is 2.21 bits per heavy atom. The standard InChI is InChI=1S/C16H21N3O5/c1-10-8-18(9-16(24-10)5-6-23-11(16)2)15(20)12-3-4-13(17)14(7-12)19(21)22/h3-4,7,10-11H,5-6,8-9,17H2,1-2H3/t10-,11-,16+/m1/s1. The summed E-state index contributed by atoms with van der Waals surface area (Å²) in [4.78, 5) is 25.0. The molecule has 0 unspecified atom stereocenters. The Labute approximate surface area is 139 Å². The molecule has 1 aromatic carbocycles. The fourth-order valence-corrected chi connectivity index (χ4v) is 3.47. The molecule has 0 aliphatic carbocycles. The number of rotatable bonds is 2. The minimum Gasteiger partial charge on any atom is -0.393 e. The molecular weight excluding hydrogens is 314 g/mol. The molecule has 8 heteroatoms. The molecule has 1 spiro atoms. The van der Waals surface area contributed by atoms with E-state index in [0.717, 1.165) is 6.42 Å². The molecule has 0 saturated carbocycles. The quantitative estimate of drug-likeness (QED) is 0.499. The number of carbonyl (C=O) groups is 1. The second-order valence-corrected chi connectivity index (χ2v) is 6.47. The van der Waals surface area contributed by atoms with E-state index in [1.54, 1.807) is 4.90 Å². The number of carbonyl (C=O) groups excluding carboxylic acids is 1. The van der Waals surface area contributed by atoms with Crippen molar-refractivity contribution in [2.45, 2.75) is 38.1 Å². The predicted octanol–water partition coefficient (Wildman–Crippen LogP) is 1.59. The van der Waals surface area contributed by atoms with Crippen molar-refractivity contribution in [1.82, 2.24) is 4.90 Å². The van der Waals surface area contributed by atoms with E-state index in [1.807, 2.05) is 13.8 Å². The van der Waals surface area contributed by atoms with Crippen LogP contribution in [0.3, 0.4) is 0 Å². The van der Waals surface area contributed by atoms with Crippen molar-refractivity contribution in [2.75, 3.05) is 25.4 Å². The lowest BCUT2D eigenvalue weighted by Crippen LogP contribution is -2.59. The van der Waals surface area contributed by atoms with Gasteiger partial charge in [-0.05, 0) is 26.0 Å². The molecule has 3 rings (SSSR count). The van der Waals surface area contributed by atoms with Crippen LogP contribution in [0.15, 0.2) is 18.2 Å². The maximum Gasteiger partial charge on any atom is 0.292 e. The third kappa shape index (κ3) is 2.83. The number of nitrogen functional groups attached to an aromatic ring is 1. The van der Waals surface area contributed by atoms with Gasteiger partial charge in [0.05, 0.1) is 23.7 Å². The highest BCUT2D eigenvalue weighted by atomic mass is 16.6. The zero-order valence-electron chi connectivity index (χ0n) is 13.7. The molecule has 130 valence electrons. The van der Waals surface area contributed by atoms with E-state index in [-0.39, 0.29) is 35.1 Å². The van der Waals surface area contributed by atoms with Crippen LogP contribution in [0.5, 0.6) is 0 Å². The van der Waals surface area contributed by atoms with Crippen LogP contribution >= 0.6 is 0 Å². The SMILES string of the molecule is C[C@@H]1CN(C(=O)c2ccc(N)c([N+](=O)[O-])c2)C[C@]2(CCO[C@@H]2C)O1. The molecule has 2 aliphatic heterocycles. The largest absolute Gasteiger partial charge is 0.393 e. The molecule has 2 fully saturated rings. The van der Waals surface area contributed by atoms with E-state index in [0.29, 0.717) is 19.7 Å². The van der Waals surface area contributed by atoms with Crippen molar-refractivity contribution in [1.29, 1.82) is 0 Å². The zero-order valence-corrected chi connectivity index (χ0v) is 13.7. The maximum atomic E-state index is 12.8. The summed E-state index contributed by atoms with van der Waals surface area (Å²) in [5, 5.41) is 11.0. The van der Waals surface area contributed by atoms with Gasteiger partial charge in [0.2, 0.25) is 0 Å². The Bertz CT molecular complexity index is 680. The molecule has 2 aliphatic rings. The van der Waals surface area contributed by atoms with Gasteiger partial charge >= 0.3 is 0 Å². The van der Waals surface area contributed by atoms with Gasteiger partial charge in [-0.25, -0.2) is 0 Å². The first kappa shape index (κ1) is 16.7. The third-order valence-electron chi connectivity index (χ3n) is 4.77. The Kier molecular flexibility index (Phi) is 4.18. The maximum absolute atomic E-state index is 12.8. The summed E-state index contributed by atoms with van der Waals surface area (Å²) in [6.07, 6.45) is 0.497. The number of nitro groups is 1. The molecule has 2 saturated heterocycles. The molecule has 24 heavy (non-hydrogen) atoms. The van der Waals surface area contributed by atoms with E-state index in [4.69, 9.17) is 15.2 Å². The lowest BCUT2D eigenvalue weighted by atomic mass is 9.92. The lowest BCUT2D eigenvalue weighted by molar-refractivity contribution is -0.383. The van der Waals surface area contributed by atoms with Crippen molar-refractivity contribution < 1.29 is 19.2 Å². The van der Waals surface area contributed by atoms with Crippen LogP contribution in [-0.4, -0.2) is 53.2 Å². The van der Waals surface area contributed by atoms with E-state index < -0.39 is 10.5 Å². The van der Waals surface area contributed by atoms with Gasteiger partial charge in [-0.2, -0.15) is 0 Å². The highest BCUT2D eigenvalue weighted by Crippen LogP contribution is 2.35. The molecule has 8 nitrogen and oxygen atoms in total. The van der Waals surface area contributed by atoms with Gasteiger partial charge in [0.25, 0.3) is 11.6 Å². The number of hydrogen-bond donors (Lipinski definition) is 1. The van der Waals surface area contributed by atoms with E-state index >= 15 is 0 Å². The van der Waals surface area contributed by atoms with Crippen LogP contribution in [0, 0.1) is 10.1 Å². The minimum absolute atomic E-state index is 0.0428. The van der Waals surface area contributed by atoms with Crippen molar-refractivity contribution >= 4 is 17.3 Å².